The fourth-order valence-corrected chi connectivity index (χ4v) is 0.739. The summed E-state index contributed by atoms with van der Waals surface area (Å²) in [6.45, 7) is 0. The molecule has 12 heavy (non-hydrogen) atoms. The van der Waals surface area contributed by atoms with Crippen LogP contribution in [0, 0.1) is 0 Å². The highest BCUT2D eigenvalue weighted by Gasteiger charge is 1.96. The van der Waals surface area contributed by atoms with E-state index in [1.807, 2.05) is 6.07 Å². The molecule has 1 N–H and O–H groups in total. The molecule has 4 heteroatoms. The highest BCUT2D eigenvalue weighted by molar-refractivity contribution is 5.71. The molecule has 62 valence electrons. The van der Waals surface area contributed by atoms with Crippen LogP contribution < -0.4 is 5.43 Å². The van der Waals surface area contributed by atoms with Crippen molar-refractivity contribution in [2.75, 3.05) is 5.43 Å². The van der Waals surface area contributed by atoms with Crippen LogP contribution >= 0.6 is 0 Å². The number of nitrogens with one attached hydrogen (secondary N) is 1. The van der Waals surface area contributed by atoms with Crippen molar-refractivity contribution in [3.05, 3.63) is 30.3 Å². The molecule has 0 aliphatic carbocycles. The number of nitrogens with zero attached hydrogens (tertiary/aromatic N) is 1. The molecule has 0 aliphatic heterocycles. The Morgan fingerprint density at radius 1 is 1.08 bits per heavy atom. The molecule has 0 saturated heterocycles. The van der Waals surface area contributed by atoms with E-state index in [0.29, 0.717) is 18.5 Å². The Balaban J connectivity index is 2.62. The number of carbonyl (C=O) groups excluding carboxylic acids is 2. The van der Waals surface area contributed by atoms with Gasteiger partial charge in [-0.05, 0) is 12.1 Å². The molecule has 0 heterocycles. The molecule has 0 radical (unpaired) electrons. The van der Waals surface area contributed by atoms with Gasteiger partial charge < -0.3 is 0 Å². The van der Waals surface area contributed by atoms with E-state index in [9.17, 15) is 9.59 Å². The van der Waals surface area contributed by atoms with E-state index in [4.69, 9.17) is 0 Å². The fourth-order valence-electron chi connectivity index (χ4n) is 0.739. The molecule has 1 rings (SSSR count). The first-order valence-electron chi connectivity index (χ1n) is 3.37. The van der Waals surface area contributed by atoms with Crippen molar-refractivity contribution in [2.24, 2.45) is 0 Å². The highest BCUT2D eigenvalue weighted by atomic mass is 16.2. The normalized spacial score (nSPS) is 8.67. The molecule has 0 saturated carbocycles. The van der Waals surface area contributed by atoms with E-state index in [1.165, 1.54) is 0 Å². The van der Waals surface area contributed by atoms with Gasteiger partial charge in [0, 0.05) is 0 Å². The van der Waals surface area contributed by atoms with Gasteiger partial charge in [0.05, 0.1) is 5.69 Å². The molecular formula is C8H8N2O2. The second-order valence-electron chi connectivity index (χ2n) is 2.10. The molecule has 0 unspecified atom stereocenters. The summed E-state index contributed by atoms with van der Waals surface area (Å²) in [6, 6.07) is 8.95. The van der Waals surface area contributed by atoms with Gasteiger partial charge >= 0.3 is 0 Å². The van der Waals surface area contributed by atoms with E-state index in [1.54, 1.807) is 24.3 Å². The van der Waals surface area contributed by atoms with Gasteiger partial charge in [0.2, 0.25) is 12.8 Å². The Bertz CT molecular complexity index is 253. The van der Waals surface area contributed by atoms with Crippen LogP contribution in [0.4, 0.5) is 5.69 Å². The third kappa shape index (κ3) is 2.09. The highest BCUT2D eigenvalue weighted by Crippen LogP contribution is 2.04. The Morgan fingerprint density at radius 2 is 1.67 bits per heavy atom. The first kappa shape index (κ1) is 8.26. The van der Waals surface area contributed by atoms with Gasteiger partial charge in [-0.15, -0.1) is 0 Å². The minimum Gasteiger partial charge on any atom is -0.289 e. The van der Waals surface area contributed by atoms with Gasteiger partial charge in [-0.1, -0.05) is 18.2 Å². The minimum atomic E-state index is 0.403. The van der Waals surface area contributed by atoms with E-state index in [2.05, 4.69) is 5.43 Å². The van der Waals surface area contributed by atoms with Crippen molar-refractivity contribution >= 4 is 18.5 Å². The third-order valence-electron chi connectivity index (χ3n) is 1.26. The van der Waals surface area contributed by atoms with E-state index in [0.717, 1.165) is 5.01 Å². The van der Waals surface area contributed by atoms with Crippen LogP contribution in [-0.4, -0.2) is 17.8 Å². The van der Waals surface area contributed by atoms with Crippen LogP contribution in [0.1, 0.15) is 0 Å². The lowest BCUT2D eigenvalue weighted by Gasteiger charge is -2.10. The van der Waals surface area contributed by atoms with Crippen molar-refractivity contribution in [2.45, 2.75) is 0 Å². The fraction of sp³-hybridized carbons (Fsp3) is 0. The van der Waals surface area contributed by atoms with Crippen LogP contribution in [-0.2, 0) is 9.59 Å². The van der Waals surface area contributed by atoms with Crippen LogP contribution in [0.5, 0.6) is 0 Å². The summed E-state index contributed by atoms with van der Waals surface area (Å²) >= 11 is 0. The number of carbonyl (C=O) groups is 2. The van der Waals surface area contributed by atoms with Crippen LogP contribution in [0.15, 0.2) is 30.3 Å². The summed E-state index contributed by atoms with van der Waals surface area (Å²) < 4.78 is 0. The molecule has 1 aromatic rings. The first-order chi connectivity index (χ1) is 5.86. The topological polar surface area (TPSA) is 49.4 Å². The maximum Gasteiger partial charge on any atom is 0.235 e. The number of para-hydroxylation sites is 1. The molecule has 0 spiro atoms. The Morgan fingerprint density at radius 3 is 2.17 bits per heavy atom. The van der Waals surface area contributed by atoms with Crippen molar-refractivity contribution in [1.29, 1.82) is 0 Å². The largest absolute Gasteiger partial charge is 0.289 e. The molecule has 4 nitrogen and oxygen atoms in total. The summed E-state index contributed by atoms with van der Waals surface area (Å²) in [7, 11) is 0. The van der Waals surface area contributed by atoms with E-state index < -0.39 is 0 Å². The van der Waals surface area contributed by atoms with Crippen LogP contribution in [0.2, 0.25) is 0 Å². The average Bonchev–Trinajstić information content (AvgIpc) is 2.16. The van der Waals surface area contributed by atoms with Crippen LogP contribution in [0.3, 0.4) is 0 Å². The number of amides is 2. The molecular weight excluding hydrogens is 156 g/mol. The quantitative estimate of drug-likeness (QED) is 0.524. The second kappa shape index (κ2) is 4.12. The predicted molar refractivity (Wildman–Crippen MR) is 44.0 cm³/mol. The molecule has 1 aromatic carbocycles. The summed E-state index contributed by atoms with van der Waals surface area (Å²) in [4.78, 5) is 20.3. The van der Waals surface area contributed by atoms with Gasteiger partial charge in [-0.3, -0.25) is 15.0 Å². The van der Waals surface area contributed by atoms with E-state index in [-0.39, 0.29) is 0 Å². The van der Waals surface area contributed by atoms with Crippen molar-refractivity contribution < 1.29 is 9.59 Å². The van der Waals surface area contributed by atoms with Crippen molar-refractivity contribution in [1.82, 2.24) is 5.01 Å². The molecule has 0 fully saturated rings. The summed E-state index contributed by atoms with van der Waals surface area (Å²) in [5.74, 6) is 0. The third-order valence-corrected chi connectivity index (χ3v) is 1.26. The molecule has 0 bridgehead atoms. The standard InChI is InChI=1S/C8H8N2O2/c11-6-10(7-12)9-8-4-2-1-3-5-8/h1-7,9H. The first-order valence-corrected chi connectivity index (χ1v) is 3.37. The predicted octanol–water partition coefficient (Wildman–Crippen LogP) is 0.628. The van der Waals surface area contributed by atoms with Crippen LogP contribution in [0.25, 0.3) is 0 Å². The lowest BCUT2D eigenvalue weighted by molar-refractivity contribution is -0.127. The number of hydrazine groups is 1. The molecule has 0 aromatic heterocycles. The zero-order valence-electron chi connectivity index (χ0n) is 6.31. The second-order valence-corrected chi connectivity index (χ2v) is 2.10. The Hall–Kier alpha value is -1.84. The Labute approximate surface area is 69.8 Å². The summed E-state index contributed by atoms with van der Waals surface area (Å²) in [6.07, 6.45) is 0.806. The van der Waals surface area contributed by atoms with Gasteiger partial charge in [-0.2, -0.15) is 5.01 Å². The van der Waals surface area contributed by atoms with Gasteiger partial charge in [-0.25, -0.2) is 0 Å². The lowest BCUT2D eigenvalue weighted by Crippen LogP contribution is -2.26. The number of anilines is 1. The number of hydrogen-bond acceptors (Lipinski definition) is 3. The SMILES string of the molecule is O=CN(C=O)Nc1ccccc1. The van der Waals surface area contributed by atoms with Crippen molar-refractivity contribution in [3.63, 3.8) is 0 Å². The number of imide groups is 1. The molecule has 2 amide bonds. The van der Waals surface area contributed by atoms with Gasteiger partial charge in [0.1, 0.15) is 0 Å². The number of benzene rings is 1. The Kier molecular flexibility index (Phi) is 2.84. The number of rotatable bonds is 4. The molecule has 0 aliphatic rings. The van der Waals surface area contributed by atoms with Crippen molar-refractivity contribution in [3.8, 4) is 0 Å². The van der Waals surface area contributed by atoms with E-state index >= 15 is 0 Å². The maximum absolute atomic E-state index is 10.2. The summed E-state index contributed by atoms with van der Waals surface area (Å²) in [5.41, 5.74) is 3.27. The lowest BCUT2D eigenvalue weighted by atomic mass is 10.3. The smallest absolute Gasteiger partial charge is 0.235 e. The zero-order chi connectivity index (χ0) is 8.81. The molecule has 0 atom stereocenters. The maximum atomic E-state index is 10.2. The van der Waals surface area contributed by atoms with Gasteiger partial charge in [0.15, 0.2) is 0 Å². The number of hydrogen-bond donors (Lipinski definition) is 1. The summed E-state index contributed by atoms with van der Waals surface area (Å²) in [5, 5.41) is 0.801. The average molecular weight is 164 g/mol. The zero-order valence-corrected chi connectivity index (χ0v) is 6.31. The van der Waals surface area contributed by atoms with Gasteiger partial charge in [0.25, 0.3) is 0 Å². The monoisotopic (exact) mass is 164 g/mol. The minimum absolute atomic E-state index is 0.403.